The van der Waals surface area contributed by atoms with Gasteiger partial charge in [0, 0.05) is 13.0 Å². The van der Waals surface area contributed by atoms with E-state index in [2.05, 4.69) is 37.4 Å². The van der Waals surface area contributed by atoms with Crippen molar-refractivity contribution >= 4 is 5.78 Å². The molecule has 2 heteroatoms. The number of hydrogen-bond donors (Lipinski definition) is 1. The first kappa shape index (κ1) is 10.4. The predicted octanol–water partition coefficient (Wildman–Crippen LogP) is 1.78. The summed E-state index contributed by atoms with van der Waals surface area (Å²) < 4.78 is 0. The van der Waals surface area contributed by atoms with Crippen LogP contribution in [0.15, 0.2) is 18.2 Å². The Bertz CT molecular complexity index is 384. The van der Waals surface area contributed by atoms with E-state index in [9.17, 15) is 4.79 Å². The molecule has 1 aliphatic heterocycles. The lowest BCUT2D eigenvalue weighted by Crippen LogP contribution is -2.29. The van der Waals surface area contributed by atoms with Crippen LogP contribution in [0, 0.1) is 13.8 Å². The maximum Gasteiger partial charge on any atom is 0.151 e. The number of aryl methyl sites for hydroxylation is 2. The summed E-state index contributed by atoms with van der Waals surface area (Å²) in [7, 11) is 0. The molecule has 1 N–H and O–H groups in total. The topological polar surface area (TPSA) is 29.1 Å². The van der Waals surface area contributed by atoms with Gasteiger partial charge in [0.15, 0.2) is 5.78 Å². The Morgan fingerprint density at radius 1 is 1.33 bits per heavy atom. The molecule has 0 amide bonds. The summed E-state index contributed by atoms with van der Waals surface area (Å²) in [6, 6.07) is 6.48. The van der Waals surface area contributed by atoms with Crippen molar-refractivity contribution in [3.63, 3.8) is 0 Å². The summed E-state index contributed by atoms with van der Waals surface area (Å²) >= 11 is 0. The lowest BCUT2D eigenvalue weighted by molar-refractivity contribution is -0.118. The van der Waals surface area contributed by atoms with Gasteiger partial charge in [0.2, 0.25) is 0 Å². The number of rotatable bonds is 2. The van der Waals surface area contributed by atoms with Gasteiger partial charge >= 0.3 is 0 Å². The number of Topliss-reactive ketones (excluding diaryl/α,β-unsaturated/α-hetero) is 1. The first-order valence-corrected chi connectivity index (χ1v) is 5.49. The van der Waals surface area contributed by atoms with Crippen LogP contribution in [0.3, 0.4) is 0 Å². The van der Waals surface area contributed by atoms with Gasteiger partial charge in [-0.3, -0.25) is 4.79 Å². The highest BCUT2D eigenvalue weighted by Crippen LogP contribution is 2.13. The zero-order valence-electron chi connectivity index (χ0n) is 9.34. The highest BCUT2D eigenvalue weighted by Gasteiger charge is 2.23. The van der Waals surface area contributed by atoms with E-state index in [1.165, 1.54) is 16.7 Å². The molecule has 1 saturated heterocycles. The van der Waals surface area contributed by atoms with Gasteiger partial charge in [-0.05, 0) is 37.0 Å². The van der Waals surface area contributed by atoms with Gasteiger partial charge in [0.05, 0.1) is 6.04 Å². The number of ketones is 1. The molecular weight excluding hydrogens is 186 g/mol. The fourth-order valence-electron chi connectivity index (χ4n) is 2.01. The fraction of sp³-hybridized carbons (Fsp3) is 0.462. The zero-order valence-corrected chi connectivity index (χ0v) is 9.34. The molecule has 2 nitrogen and oxygen atoms in total. The largest absolute Gasteiger partial charge is 0.307 e. The van der Waals surface area contributed by atoms with Crippen LogP contribution in [-0.4, -0.2) is 18.4 Å². The second kappa shape index (κ2) is 4.15. The van der Waals surface area contributed by atoms with Crippen molar-refractivity contribution in [3.8, 4) is 0 Å². The molecule has 0 aromatic heterocycles. The first-order valence-electron chi connectivity index (χ1n) is 5.49. The fourth-order valence-corrected chi connectivity index (χ4v) is 2.01. The molecule has 1 atom stereocenters. The van der Waals surface area contributed by atoms with E-state index in [-0.39, 0.29) is 6.04 Å². The number of carbonyl (C=O) groups is 1. The third-order valence-electron chi connectivity index (χ3n) is 3.16. The maximum atomic E-state index is 11.5. The summed E-state index contributed by atoms with van der Waals surface area (Å²) in [5.41, 5.74) is 3.87. The van der Waals surface area contributed by atoms with Crippen LogP contribution in [0.2, 0.25) is 0 Å². The molecule has 80 valence electrons. The standard InChI is InChI=1S/C13H17NO/c1-9-3-4-11(7-10(9)2)8-12-13(15)5-6-14-12/h3-4,7,12,14H,5-6,8H2,1-2H3. The Morgan fingerprint density at radius 2 is 2.13 bits per heavy atom. The smallest absolute Gasteiger partial charge is 0.151 e. The number of hydrogen-bond acceptors (Lipinski definition) is 2. The maximum absolute atomic E-state index is 11.5. The second-order valence-electron chi connectivity index (χ2n) is 4.35. The third-order valence-corrected chi connectivity index (χ3v) is 3.16. The molecule has 2 rings (SSSR count). The van der Waals surface area contributed by atoms with Gasteiger partial charge in [-0.2, -0.15) is 0 Å². The molecule has 0 radical (unpaired) electrons. The summed E-state index contributed by atoms with van der Waals surface area (Å²) in [6.07, 6.45) is 1.52. The summed E-state index contributed by atoms with van der Waals surface area (Å²) in [5, 5.41) is 3.24. The minimum Gasteiger partial charge on any atom is -0.307 e. The predicted molar refractivity (Wildman–Crippen MR) is 61.0 cm³/mol. The molecule has 1 heterocycles. The molecular formula is C13H17NO. The van der Waals surface area contributed by atoms with Crippen LogP contribution in [0.1, 0.15) is 23.1 Å². The van der Waals surface area contributed by atoms with Crippen LogP contribution in [-0.2, 0) is 11.2 Å². The third kappa shape index (κ3) is 2.26. The van der Waals surface area contributed by atoms with Crippen LogP contribution >= 0.6 is 0 Å². The molecule has 1 aromatic carbocycles. The Hall–Kier alpha value is -1.15. The lowest BCUT2D eigenvalue weighted by atomic mass is 10.00. The van der Waals surface area contributed by atoms with E-state index in [0.717, 1.165) is 13.0 Å². The van der Waals surface area contributed by atoms with Crippen LogP contribution < -0.4 is 5.32 Å². The van der Waals surface area contributed by atoms with Gasteiger partial charge in [-0.25, -0.2) is 0 Å². The summed E-state index contributed by atoms with van der Waals surface area (Å²) in [6.45, 7) is 5.06. The van der Waals surface area contributed by atoms with Gasteiger partial charge in [0.1, 0.15) is 0 Å². The van der Waals surface area contributed by atoms with Gasteiger partial charge in [-0.1, -0.05) is 18.2 Å². The van der Waals surface area contributed by atoms with E-state index < -0.39 is 0 Å². The van der Waals surface area contributed by atoms with Gasteiger partial charge in [0.25, 0.3) is 0 Å². The zero-order chi connectivity index (χ0) is 10.8. The number of benzene rings is 1. The van der Waals surface area contributed by atoms with Crippen molar-refractivity contribution in [2.75, 3.05) is 6.54 Å². The van der Waals surface area contributed by atoms with Crippen molar-refractivity contribution in [2.24, 2.45) is 0 Å². The van der Waals surface area contributed by atoms with Crippen LogP contribution in [0.25, 0.3) is 0 Å². The van der Waals surface area contributed by atoms with Crippen molar-refractivity contribution in [1.82, 2.24) is 5.32 Å². The summed E-state index contributed by atoms with van der Waals surface area (Å²) in [4.78, 5) is 11.5. The Morgan fingerprint density at radius 3 is 2.73 bits per heavy atom. The van der Waals surface area contributed by atoms with Crippen molar-refractivity contribution in [1.29, 1.82) is 0 Å². The molecule has 0 aliphatic carbocycles. The average molecular weight is 203 g/mol. The lowest BCUT2D eigenvalue weighted by Gasteiger charge is -2.10. The summed E-state index contributed by atoms with van der Waals surface area (Å²) in [5.74, 6) is 0.355. The molecule has 0 saturated carbocycles. The first-order chi connectivity index (χ1) is 7.16. The SMILES string of the molecule is Cc1ccc(CC2NCCC2=O)cc1C. The van der Waals surface area contributed by atoms with Crippen molar-refractivity contribution in [3.05, 3.63) is 34.9 Å². The highest BCUT2D eigenvalue weighted by atomic mass is 16.1. The molecule has 1 aliphatic rings. The van der Waals surface area contributed by atoms with Crippen molar-refractivity contribution in [2.45, 2.75) is 32.7 Å². The van der Waals surface area contributed by atoms with E-state index in [0.29, 0.717) is 12.2 Å². The minimum atomic E-state index is 0.0482. The van der Waals surface area contributed by atoms with E-state index in [1.807, 2.05) is 0 Å². The Labute approximate surface area is 90.7 Å². The molecule has 1 unspecified atom stereocenters. The molecule has 1 fully saturated rings. The van der Waals surface area contributed by atoms with Crippen molar-refractivity contribution < 1.29 is 4.79 Å². The molecule has 0 spiro atoms. The van der Waals surface area contributed by atoms with Gasteiger partial charge in [-0.15, -0.1) is 0 Å². The van der Waals surface area contributed by atoms with E-state index in [4.69, 9.17) is 0 Å². The van der Waals surface area contributed by atoms with E-state index >= 15 is 0 Å². The van der Waals surface area contributed by atoms with Crippen LogP contribution in [0.4, 0.5) is 0 Å². The Kier molecular flexibility index (Phi) is 2.87. The average Bonchev–Trinajstić information content (AvgIpc) is 2.59. The molecule has 1 aromatic rings. The molecule has 0 bridgehead atoms. The van der Waals surface area contributed by atoms with E-state index in [1.54, 1.807) is 0 Å². The normalized spacial score (nSPS) is 20.9. The Balaban J connectivity index is 2.10. The van der Waals surface area contributed by atoms with Crippen LogP contribution in [0.5, 0.6) is 0 Å². The monoisotopic (exact) mass is 203 g/mol. The number of nitrogens with one attached hydrogen (secondary N) is 1. The molecule has 15 heavy (non-hydrogen) atoms. The quantitative estimate of drug-likeness (QED) is 0.793. The number of carbonyl (C=O) groups excluding carboxylic acids is 1. The highest BCUT2D eigenvalue weighted by molar-refractivity contribution is 5.86. The van der Waals surface area contributed by atoms with Gasteiger partial charge < -0.3 is 5.32 Å². The second-order valence-corrected chi connectivity index (χ2v) is 4.35. The minimum absolute atomic E-state index is 0.0482.